The fraction of sp³-hybridized carbons (Fsp3) is 0.615. The van der Waals surface area contributed by atoms with Gasteiger partial charge in [0, 0.05) is 24.9 Å². The van der Waals surface area contributed by atoms with Crippen molar-refractivity contribution in [2.75, 3.05) is 6.54 Å². The molecule has 1 saturated heterocycles. The summed E-state index contributed by atoms with van der Waals surface area (Å²) in [7, 11) is 0. The first-order valence-corrected chi connectivity index (χ1v) is 7.37. The first kappa shape index (κ1) is 11.8. The van der Waals surface area contributed by atoms with E-state index in [9.17, 15) is 9.59 Å². The Morgan fingerprint density at radius 3 is 2.94 bits per heavy atom. The Morgan fingerprint density at radius 2 is 2.28 bits per heavy atom. The van der Waals surface area contributed by atoms with Crippen molar-refractivity contribution in [3.63, 3.8) is 0 Å². The molecule has 1 aromatic heterocycles. The largest absolute Gasteiger partial charge is 0.334 e. The van der Waals surface area contributed by atoms with Crippen molar-refractivity contribution in [2.45, 2.75) is 38.1 Å². The molecule has 4 nitrogen and oxygen atoms in total. The predicted octanol–water partition coefficient (Wildman–Crippen LogP) is 2.12. The van der Waals surface area contributed by atoms with Crippen molar-refractivity contribution in [1.29, 1.82) is 0 Å². The van der Waals surface area contributed by atoms with Crippen LogP contribution in [0.3, 0.4) is 0 Å². The third kappa shape index (κ3) is 1.96. The lowest BCUT2D eigenvalue weighted by molar-refractivity contribution is -0.121. The molecule has 96 valence electrons. The zero-order valence-electron chi connectivity index (χ0n) is 10.2. The van der Waals surface area contributed by atoms with Crippen LogP contribution in [-0.4, -0.2) is 34.2 Å². The Kier molecular flexibility index (Phi) is 3.16. The number of thiazole rings is 1. The molecule has 1 saturated carbocycles. The summed E-state index contributed by atoms with van der Waals surface area (Å²) >= 11 is 1.38. The van der Waals surface area contributed by atoms with Gasteiger partial charge >= 0.3 is 0 Å². The maximum Gasteiger partial charge on any atom is 0.265 e. The number of hydrogen-bond donors (Lipinski definition) is 0. The molecule has 0 radical (unpaired) electrons. The SMILES string of the molecule is O=C1CCCC1C1CCCN1C(=O)c1cncs1. The molecule has 2 fully saturated rings. The van der Waals surface area contributed by atoms with Gasteiger partial charge in [-0.1, -0.05) is 0 Å². The van der Waals surface area contributed by atoms with E-state index in [1.165, 1.54) is 11.3 Å². The fourth-order valence-corrected chi connectivity index (χ4v) is 3.75. The van der Waals surface area contributed by atoms with Gasteiger partial charge in [-0.25, -0.2) is 0 Å². The van der Waals surface area contributed by atoms with Gasteiger partial charge in [0.1, 0.15) is 10.7 Å². The summed E-state index contributed by atoms with van der Waals surface area (Å²) in [5, 5.41) is 0. The van der Waals surface area contributed by atoms with Crippen LogP contribution < -0.4 is 0 Å². The highest BCUT2D eigenvalue weighted by atomic mass is 32.1. The molecule has 1 amide bonds. The van der Waals surface area contributed by atoms with Crippen LogP contribution in [0.4, 0.5) is 0 Å². The number of carbonyl (C=O) groups excluding carboxylic acids is 2. The number of rotatable bonds is 2. The van der Waals surface area contributed by atoms with Crippen LogP contribution in [0.2, 0.25) is 0 Å². The summed E-state index contributed by atoms with van der Waals surface area (Å²) in [6.45, 7) is 0.783. The van der Waals surface area contributed by atoms with Crippen LogP contribution in [0, 0.1) is 5.92 Å². The minimum atomic E-state index is 0.0553. The minimum Gasteiger partial charge on any atom is -0.334 e. The van der Waals surface area contributed by atoms with E-state index in [2.05, 4.69) is 4.98 Å². The maximum absolute atomic E-state index is 12.4. The molecule has 0 spiro atoms. The topological polar surface area (TPSA) is 50.3 Å². The van der Waals surface area contributed by atoms with Crippen LogP contribution >= 0.6 is 11.3 Å². The lowest BCUT2D eigenvalue weighted by Gasteiger charge is -2.28. The zero-order valence-corrected chi connectivity index (χ0v) is 11.0. The van der Waals surface area contributed by atoms with Gasteiger partial charge in [0.05, 0.1) is 11.7 Å². The smallest absolute Gasteiger partial charge is 0.265 e. The third-order valence-corrected chi connectivity index (χ3v) is 4.78. The van der Waals surface area contributed by atoms with Crippen molar-refractivity contribution in [3.05, 3.63) is 16.6 Å². The normalized spacial score (nSPS) is 28.0. The molecule has 0 N–H and O–H groups in total. The van der Waals surface area contributed by atoms with Crippen molar-refractivity contribution >= 4 is 23.0 Å². The van der Waals surface area contributed by atoms with E-state index in [0.717, 1.165) is 32.2 Å². The van der Waals surface area contributed by atoms with E-state index in [-0.39, 0.29) is 17.9 Å². The fourth-order valence-electron chi connectivity index (χ4n) is 3.18. The van der Waals surface area contributed by atoms with Gasteiger partial charge in [0.25, 0.3) is 5.91 Å². The van der Waals surface area contributed by atoms with Crippen molar-refractivity contribution in [2.24, 2.45) is 5.92 Å². The second kappa shape index (κ2) is 4.80. The molecule has 5 heteroatoms. The molecule has 3 rings (SSSR count). The number of amides is 1. The molecular weight excluding hydrogens is 248 g/mol. The molecule has 2 atom stereocenters. The Labute approximate surface area is 110 Å². The number of nitrogens with zero attached hydrogens (tertiary/aromatic N) is 2. The zero-order chi connectivity index (χ0) is 12.5. The van der Waals surface area contributed by atoms with Crippen LogP contribution in [0.1, 0.15) is 41.8 Å². The lowest BCUT2D eigenvalue weighted by Crippen LogP contribution is -2.41. The Hall–Kier alpha value is -1.23. The minimum absolute atomic E-state index is 0.0553. The van der Waals surface area contributed by atoms with Crippen LogP contribution in [-0.2, 0) is 4.79 Å². The van der Waals surface area contributed by atoms with Crippen molar-refractivity contribution in [1.82, 2.24) is 9.88 Å². The van der Waals surface area contributed by atoms with Crippen molar-refractivity contribution in [3.8, 4) is 0 Å². The highest BCUT2D eigenvalue weighted by Crippen LogP contribution is 2.34. The monoisotopic (exact) mass is 264 g/mol. The number of aromatic nitrogens is 1. The molecule has 18 heavy (non-hydrogen) atoms. The lowest BCUT2D eigenvalue weighted by atomic mass is 9.95. The summed E-state index contributed by atoms with van der Waals surface area (Å²) in [6, 6.07) is 0.134. The first-order chi connectivity index (χ1) is 8.77. The van der Waals surface area contributed by atoms with E-state index in [4.69, 9.17) is 0 Å². The number of Topliss-reactive ketones (excluding diaryl/α,β-unsaturated/α-hetero) is 1. The maximum atomic E-state index is 12.4. The summed E-state index contributed by atoms with van der Waals surface area (Å²) in [5.74, 6) is 0.494. The number of ketones is 1. The highest BCUT2D eigenvalue weighted by Gasteiger charge is 2.40. The number of carbonyl (C=O) groups is 2. The number of likely N-dealkylation sites (tertiary alicyclic amines) is 1. The molecule has 0 bridgehead atoms. The molecule has 0 aromatic carbocycles. The molecule has 1 aliphatic carbocycles. The Bertz CT molecular complexity index is 458. The van der Waals surface area contributed by atoms with E-state index < -0.39 is 0 Å². The standard InChI is InChI=1S/C13H16N2O2S/c16-11-5-1-3-9(11)10-4-2-6-15(10)13(17)12-7-14-8-18-12/h7-10H,1-6H2. The van der Waals surface area contributed by atoms with E-state index in [1.807, 2.05) is 4.90 Å². The summed E-state index contributed by atoms with van der Waals surface area (Å²) < 4.78 is 0. The quantitative estimate of drug-likeness (QED) is 0.822. The second-order valence-corrected chi connectivity index (χ2v) is 5.93. The van der Waals surface area contributed by atoms with Gasteiger partial charge in [-0.3, -0.25) is 14.6 Å². The predicted molar refractivity (Wildman–Crippen MR) is 68.5 cm³/mol. The van der Waals surface area contributed by atoms with Gasteiger partial charge in [-0.05, 0) is 25.7 Å². The summed E-state index contributed by atoms with van der Waals surface area (Å²) in [5.41, 5.74) is 1.68. The van der Waals surface area contributed by atoms with Gasteiger partial charge in [0.15, 0.2) is 0 Å². The van der Waals surface area contributed by atoms with Gasteiger partial charge in [-0.15, -0.1) is 11.3 Å². The molecule has 1 aromatic rings. The van der Waals surface area contributed by atoms with Crippen molar-refractivity contribution < 1.29 is 9.59 Å². The van der Waals surface area contributed by atoms with E-state index in [1.54, 1.807) is 11.7 Å². The van der Waals surface area contributed by atoms with Crippen LogP contribution in [0.15, 0.2) is 11.7 Å². The van der Waals surface area contributed by atoms with E-state index >= 15 is 0 Å². The average Bonchev–Trinajstić information content (AvgIpc) is 3.09. The van der Waals surface area contributed by atoms with E-state index in [0.29, 0.717) is 17.1 Å². The summed E-state index contributed by atoms with van der Waals surface area (Å²) in [4.78, 5) is 30.8. The van der Waals surface area contributed by atoms with Gasteiger partial charge < -0.3 is 4.90 Å². The molecule has 2 unspecified atom stereocenters. The Balaban J connectivity index is 1.79. The highest BCUT2D eigenvalue weighted by molar-refractivity contribution is 7.11. The molecule has 1 aliphatic heterocycles. The second-order valence-electron chi connectivity index (χ2n) is 5.04. The third-order valence-electron chi connectivity index (χ3n) is 4.02. The average molecular weight is 264 g/mol. The van der Waals surface area contributed by atoms with Gasteiger partial charge in [0.2, 0.25) is 0 Å². The number of hydrogen-bond acceptors (Lipinski definition) is 4. The Morgan fingerprint density at radius 1 is 1.39 bits per heavy atom. The van der Waals surface area contributed by atoms with Gasteiger partial charge in [-0.2, -0.15) is 0 Å². The first-order valence-electron chi connectivity index (χ1n) is 6.49. The molecular formula is C13H16N2O2S. The van der Waals surface area contributed by atoms with Crippen LogP contribution in [0.25, 0.3) is 0 Å². The van der Waals surface area contributed by atoms with Crippen LogP contribution in [0.5, 0.6) is 0 Å². The summed E-state index contributed by atoms with van der Waals surface area (Å²) in [6.07, 6.45) is 6.25. The molecule has 2 heterocycles. The molecule has 2 aliphatic rings.